The highest BCUT2D eigenvalue weighted by Crippen LogP contribution is 2.36. The summed E-state index contributed by atoms with van der Waals surface area (Å²) < 4.78 is 30.7. The molecule has 10 nitrogen and oxygen atoms in total. The van der Waals surface area contributed by atoms with Crippen molar-refractivity contribution < 1.29 is 23.5 Å². The normalized spacial score (nSPS) is 21.3. The molecule has 3 atom stereocenters. The first kappa shape index (κ1) is 28.8. The van der Waals surface area contributed by atoms with Gasteiger partial charge in [-0.25, -0.2) is 18.8 Å². The van der Waals surface area contributed by atoms with Crippen LogP contribution >= 0.6 is 0 Å². The molecule has 0 radical (unpaired) electrons. The molecule has 1 N–H and O–H groups in total. The first-order chi connectivity index (χ1) is 19.3. The summed E-state index contributed by atoms with van der Waals surface area (Å²) in [7, 11) is 1.55. The second-order valence-electron chi connectivity index (χ2n) is 9.69. The summed E-state index contributed by atoms with van der Waals surface area (Å²) in [5.41, 5.74) is 0.0275. The molecule has 3 unspecified atom stereocenters. The number of aliphatic imine (C=N–C) groups is 3. The fraction of sp³-hybridized carbons (Fsp3) is 0.429. The lowest BCUT2D eigenvalue weighted by Gasteiger charge is -2.41. The molecule has 40 heavy (non-hydrogen) atoms. The van der Waals surface area contributed by atoms with Crippen molar-refractivity contribution in [3.63, 3.8) is 0 Å². The lowest BCUT2D eigenvalue weighted by Crippen LogP contribution is -2.54. The van der Waals surface area contributed by atoms with Gasteiger partial charge in [0.25, 0.3) is 0 Å². The average Bonchev–Trinajstić information content (AvgIpc) is 2.96. The van der Waals surface area contributed by atoms with E-state index in [9.17, 15) is 19.1 Å². The Balaban J connectivity index is 1.96. The second kappa shape index (κ2) is 12.3. The minimum Gasteiger partial charge on any atom is -0.507 e. The fourth-order valence-corrected chi connectivity index (χ4v) is 5.36. The molecule has 212 valence electrons. The van der Waals surface area contributed by atoms with Crippen molar-refractivity contribution in [2.45, 2.75) is 51.7 Å². The second-order valence-corrected chi connectivity index (χ2v) is 9.69. The maximum absolute atomic E-state index is 15.8. The van der Waals surface area contributed by atoms with E-state index in [-0.39, 0.29) is 23.5 Å². The minimum atomic E-state index is -0.900. The number of phenolic OH excluding ortho intramolecular Hbond substituents is 1. The lowest BCUT2D eigenvalue weighted by atomic mass is 9.96. The third kappa shape index (κ3) is 5.30. The smallest absolute Gasteiger partial charge is 0.216 e. The topological polar surface area (TPSA) is 114 Å². The van der Waals surface area contributed by atoms with Crippen LogP contribution in [0, 0.1) is 11.6 Å². The van der Waals surface area contributed by atoms with Gasteiger partial charge in [0, 0.05) is 38.4 Å². The zero-order valence-corrected chi connectivity index (χ0v) is 23.0. The molecule has 0 saturated carbocycles. The number of carbonyl (C=O) groups excluding carboxylic acids is 2. The van der Waals surface area contributed by atoms with Crippen molar-refractivity contribution in [2.75, 3.05) is 31.6 Å². The van der Waals surface area contributed by atoms with E-state index in [1.165, 1.54) is 23.4 Å². The molecule has 2 aromatic rings. The number of nitrogens with zero attached hydrogens (tertiary/aromatic N) is 7. The average molecular weight is 554 g/mol. The number of benzene rings is 1. The highest BCUT2D eigenvalue weighted by molar-refractivity contribution is 6.08. The predicted molar refractivity (Wildman–Crippen MR) is 150 cm³/mol. The van der Waals surface area contributed by atoms with Crippen LogP contribution in [0.1, 0.15) is 39.2 Å². The van der Waals surface area contributed by atoms with Gasteiger partial charge in [0.15, 0.2) is 5.82 Å². The summed E-state index contributed by atoms with van der Waals surface area (Å²) in [6.45, 7) is 7.03. The minimum absolute atomic E-state index is 0.0290. The Morgan fingerprint density at radius 2 is 2.00 bits per heavy atom. The third-order valence-electron chi connectivity index (χ3n) is 7.34. The van der Waals surface area contributed by atoms with Crippen LogP contribution in [0.4, 0.5) is 14.6 Å². The zero-order chi connectivity index (χ0) is 29.0. The van der Waals surface area contributed by atoms with Gasteiger partial charge >= 0.3 is 0 Å². The van der Waals surface area contributed by atoms with E-state index in [2.05, 4.69) is 20.0 Å². The van der Waals surface area contributed by atoms with Crippen LogP contribution in [0.3, 0.4) is 0 Å². The fourth-order valence-electron chi connectivity index (χ4n) is 5.36. The Kier molecular flexibility index (Phi) is 8.86. The van der Waals surface area contributed by atoms with Gasteiger partial charge in [-0.3, -0.25) is 24.5 Å². The van der Waals surface area contributed by atoms with Crippen molar-refractivity contribution in [3.8, 4) is 17.0 Å². The van der Waals surface area contributed by atoms with Crippen molar-refractivity contribution in [1.29, 1.82) is 0 Å². The largest absolute Gasteiger partial charge is 0.507 e. The summed E-state index contributed by atoms with van der Waals surface area (Å²) in [5, 5.41) is 10.4. The number of carbonyl (C=O) groups is 2. The molecule has 0 aliphatic carbocycles. The summed E-state index contributed by atoms with van der Waals surface area (Å²) in [6, 6.07) is 3.65. The number of hydrogen-bond acceptors (Lipinski definition) is 7. The number of aromatic nitrogens is 1. The van der Waals surface area contributed by atoms with E-state index in [0.29, 0.717) is 50.4 Å². The van der Waals surface area contributed by atoms with Gasteiger partial charge in [0.2, 0.25) is 12.8 Å². The van der Waals surface area contributed by atoms with Crippen molar-refractivity contribution in [1.82, 2.24) is 14.8 Å². The maximum atomic E-state index is 15.8. The summed E-state index contributed by atoms with van der Waals surface area (Å²) in [5.74, 6) is -1.87. The maximum Gasteiger partial charge on any atom is 0.216 e. The monoisotopic (exact) mass is 553 g/mol. The molecule has 1 saturated heterocycles. The van der Waals surface area contributed by atoms with Crippen molar-refractivity contribution in [2.24, 2.45) is 15.0 Å². The molecular weight excluding hydrogens is 520 g/mol. The van der Waals surface area contributed by atoms with Crippen LogP contribution in [-0.4, -0.2) is 95.4 Å². The first-order valence-corrected chi connectivity index (χ1v) is 13.2. The van der Waals surface area contributed by atoms with E-state index < -0.39 is 34.7 Å². The number of halogens is 2. The van der Waals surface area contributed by atoms with Crippen molar-refractivity contribution in [3.05, 3.63) is 41.5 Å². The van der Waals surface area contributed by atoms with Gasteiger partial charge in [-0.2, -0.15) is 0 Å². The van der Waals surface area contributed by atoms with Gasteiger partial charge in [-0.05, 0) is 38.0 Å². The molecule has 4 rings (SSSR count). The Hall–Kier alpha value is -4.22. The molecule has 3 heterocycles. The molecule has 2 aliphatic heterocycles. The number of amidine groups is 1. The highest BCUT2D eigenvalue weighted by atomic mass is 19.1. The van der Waals surface area contributed by atoms with Crippen LogP contribution < -0.4 is 4.90 Å². The van der Waals surface area contributed by atoms with Crippen LogP contribution in [0.25, 0.3) is 11.3 Å². The molecule has 0 spiro atoms. The summed E-state index contributed by atoms with van der Waals surface area (Å²) >= 11 is 0. The molecule has 2 amide bonds. The van der Waals surface area contributed by atoms with Gasteiger partial charge in [-0.15, -0.1) is 0 Å². The molecule has 1 aromatic carbocycles. The van der Waals surface area contributed by atoms with E-state index >= 15 is 4.39 Å². The number of rotatable bonds is 8. The molecule has 12 heteroatoms. The Morgan fingerprint density at radius 3 is 2.60 bits per heavy atom. The predicted octanol–water partition coefficient (Wildman–Crippen LogP) is 3.27. The number of amides is 2. The van der Waals surface area contributed by atoms with E-state index in [4.69, 9.17) is 0 Å². The number of piperazine rings is 1. The van der Waals surface area contributed by atoms with Gasteiger partial charge < -0.3 is 14.9 Å². The Morgan fingerprint density at radius 1 is 1.23 bits per heavy atom. The van der Waals surface area contributed by atoms with Crippen LogP contribution in [0.2, 0.25) is 0 Å². The standard InChI is InChI=1S/C28H33F2N7O3/c1-5-21-26(22(6-2)33-14-32-21)37(16-39)28-18(27(31-4)36-11-10-35(15-38)13-17(36)3)12-20(30)25(34-28)24-19(29)8-7-9-23(24)40/h7-9,12,14-17,21,26,40H,5-6,10-11,13H2,1-4H3. The third-order valence-corrected chi connectivity index (χ3v) is 7.34. The van der Waals surface area contributed by atoms with E-state index in [1.807, 2.05) is 25.7 Å². The molecule has 1 aromatic heterocycles. The Labute approximate surface area is 231 Å². The van der Waals surface area contributed by atoms with E-state index in [1.54, 1.807) is 11.9 Å². The highest BCUT2D eigenvalue weighted by Gasteiger charge is 2.37. The van der Waals surface area contributed by atoms with Crippen LogP contribution in [0.5, 0.6) is 5.75 Å². The summed E-state index contributed by atoms with van der Waals surface area (Å²) in [4.78, 5) is 47.0. The molecular formula is C28H33F2N7O3. The quantitative estimate of drug-likeness (QED) is 0.306. The number of anilines is 1. The SMILES string of the molecule is CCC1=NC=NC(CC)C1N(C=O)c1nc(-c2c(O)cccc2F)c(F)cc1C(=NC)N1CCN(C=O)CC1C. The number of phenols is 1. The van der Waals surface area contributed by atoms with E-state index in [0.717, 1.165) is 18.5 Å². The number of hydrogen-bond donors (Lipinski definition) is 1. The first-order valence-electron chi connectivity index (χ1n) is 13.2. The van der Waals surface area contributed by atoms with Crippen molar-refractivity contribution >= 4 is 36.5 Å². The Bertz CT molecular complexity index is 1340. The lowest BCUT2D eigenvalue weighted by molar-refractivity contribution is -0.120. The van der Waals surface area contributed by atoms with Gasteiger partial charge in [-0.1, -0.05) is 19.9 Å². The number of pyridine rings is 1. The van der Waals surface area contributed by atoms with Gasteiger partial charge in [0.1, 0.15) is 35.3 Å². The molecule has 2 aliphatic rings. The van der Waals surface area contributed by atoms with Crippen LogP contribution in [-0.2, 0) is 9.59 Å². The number of aromatic hydroxyl groups is 1. The van der Waals surface area contributed by atoms with Crippen LogP contribution in [0.15, 0.2) is 39.2 Å². The molecule has 1 fully saturated rings. The molecule has 0 bridgehead atoms. The summed E-state index contributed by atoms with van der Waals surface area (Å²) in [6.07, 6.45) is 3.96. The zero-order valence-electron chi connectivity index (χ0n) is 23.0. The van der Waals surface area contributed by atoms with Gasteiger partial charge in [0.05, 0.1) is 23.2 Å².